The van der Waals surface area contributed by atoms with Crippen molar-refractivity contribution in [3.8, 4) is 11.5 Å². The van der Waals surface area contributed by atoms with Gasteiger partial charge in [0.2, 0.25) is 0 Å². The summed E-state index contributed by atoms with van der Waals surface area (Å²) in [5.74, 6) is 1.56. The molecule has 0 aromatic heterocycles. The summed E-state index contributed by atoms with van der Waals surface area (Å²) in [6.45, 7) is 0. The average Bonchev–Trinajstić information content (AvgIpc) is 2.62. The molecule has 0 amide bonds. The van der Waals surface area contributed by atoms with Crippen LogP contribution in [-0.2, 0) is 0 Å². The van der Waals surface area contributed by atoms with Gasteiger partial charge in [-0.2, -0.15) is 0 Å². The lowest BCUT2D eigenvalue weighted by molar-refractivity contribution is 0.354. The minimum Gasteiger partial charge on any atom is -0.493 e. The third kappa shape index (κ3) is 1.28. The minimum atomic E-state index is 0.779. The van der Waals surface area contributed by atoms with Crippen LogP contribution in [0, 0.1) is 6.42 Å². The molecule has 67 valence electrons. The van der Waals surface area contributed by atoms with E-state index in [9.17, 15) is 0 Å². The topological polar surface area (TPSA) is 18.5 Å². The molecular formula is C11H11O2. The van der Waals surface area contributed by atoms with Crippen molar-refractivity contribution < 1.29 is 9.47 Å². The predicted octanol–water partition coefficient (Wildman–Crippen LogP) is 2.28. The second-order valence-electron chi connectivity index (χ2n) is 2.86. The summed E-state index contributed by atoms with van der Waals surface area (Å²) < 4.78 is 10.4. The number of benzene rings is 1. The smallest absolute Gasteiger partial charge is 0.161 e. The lowest BCUT2D eigenvalue weighted by atomic mass is 10.1. The van der Waals surface area contributed by atoms with E-state index < -0.39 is 0 Å². The van der Waals surface area contributed by atoms with Crippen molar-refractivity contribution in [2.45, 2.75) is 0 Å². The zero-order valence-corrected chi connectivity index (χ0v) is 7.70. The van der Waals surface area contributed by atoms with Crippen molar-refractivity contribution in [1.82, 2.24) is 0 Å². The van der Waals surface area contributed by atoms with Gasteiger partial charge < -0.3 is 9.47 Å². The Bertz CT molecular complexity index is 353. The van der Waals surface area contributed by atoms with Crippen molar-refractivity contribution in [3.05, 3.63) is 35.8 Å². The van der Waals surface area contributed by atoms with Crippen LogP contribution < -0.4 is 9.47 Å². The van der Waals surface area contributed by atoms with Crippen molar-refractivity contribution in [2.75, 3.05) is 14.2 Å². The molecule has 1 radical (unpaired) electrons. The number of allylic oxidation sites excluding steroid dienone is 1. The molecule has 0 fully saturated rings. The highest BCUT2D eigenvalue weighted by molar-refractivity contribution is 5.68. The van der Waals surface area contributed by atoms with Crippen molar-refractivity contribution >= 4 is 6.08 Å². The Kier molecular flexibility index (Phi) is 1.97. The molecule has 1 aromatic rings. The van der Waals surface area contributed by atoms with Gasteiger partial charge in [-0.05, 0) is 23.3 Å². The van der Waals surface area contributed by atoms with Crippen LogP contribution in [0.4, 0.5) is 0 Å². The Morgan fingerprint density at radius 1 is 0.923 bits per heavy atom. The van der Waals surface area contributed by atoms with Crippen LogP contribution in [0.2, 0.25) is 0 Å². The van der Waals surface area contributed by atoms with Crippen molar-refractivity contribution in [3.63, 3.8) is 0 Å². The number of rotatable bonds is 2. The Morgan fingerprint density at radius 2 is 1.54 bits per heavy atom. The van der Waals surface area contributed by atoms with Gasteiger partial charge in [0, 0.05) is 6.42 Å². The zero-order chi connectivity index (χ0) is 9.26. The molecule has 0 spiro atoms. The van der Waals surface area contributed by atoms with Gasteiger partial charge in [-0.3, -0.25) is 0 Å². The Morgan fingerprint density at radius 3 is 2.15 bits per heavy atom. The summed E-state index contributed by atoms with van der Waals surface area (Å²) >= 11 is 0. The van der Waals surface area contributed by atoms with Gasteiger partial charge in [-0.25, -0.2) is 0 Å². The summed E-state index contributed by atoms with van der Waals surface area (Å²) in [6.07, 6.45) is 6.12. The first-order valence-electron chi connectivity index (χ1n) is 4.12. The van der Waals surface area contributed by atoms with Gasteiger partial charge in [0.25, 0.3) is 0 Å². The van der Waals surface area contributed by atoms with E-state index in [2.05, 4.69) is 12.5 Å². The molecule has 2 rings (SSSR count). The quantitative estimate of drug-likeness (QED) is 0.686. The van der Waals surface area contributed by atoms with E-state index >= 15 is 0 Å². The third-order valence-electron chi connectivity index (χ3n) is 2.14. The van der Waals surface area contributed by atoms with Crippen molar-refractivity contribution in [2.24, 2.45) is 0 Å². The molecule has 2 nitrogen and oxygen atoms in total. The molecule has 0 saturated carbocycles. The number of hydrogen-bond donors (Lipinski definition) is 0. The van der Waals surface area contributed by atoms with Gasteiger partial charge in [-0.15, -0.1) is 0 Å². The van der Waals surface area contributed by atoms with Crippen molar-refractivity contribution in [1.29, 1.82) is 0 Å². The summed E-state index contributed by atoms with van der Waals surface area (Å²) in [4.78, 5) is 0. The molecular weight excluding hydrogens is 164 g/mol. The normalized spacial score (nSPS) is 12.8. The maximum absolute atomic E-state index is 5.19. The number of ether oxygens (including phenoxy) is 2. The van der Waals surface area contributed by atoms with E-state index in [0.717, 1.165) is 11.5 Å². The van der Waals surface area contributed by atoms with Gasteiger partial charge >= 0.3 is 0 Å². The van der Waals surface area contributed by atoms with Crippen LogP contribution in [0.3, 0.4) is 0 Å². The monoisotopic (exact) mass is 175 g/mol. The molecule has 13 heavy (non-hydrogen) atoms. The van der Waals surface area contributed by atoms with E-state index in [-0.39, 0.29) is 0 Å². The Hall–Kier alpha value is -1.44. The first-order valence-corrected chi connectivity index (χ1v) is 4.12. The van der Waals surface area contributed by atoms with Gasteiger partial charge in [0.1, 0.15) is 0 Å². The predicted molar refractivity (Wildman–Crippen MR) is 52.0 cm³/mol. The maximum Gasteiger partial charge on any atom is 0.161 e. The van der Waals surface area contributed by atoms with E-state index in [1.54, 1.807) is 14.2 Å². The Labute approximate surface area is 77.8 Å². The lowest BCUT2D eigenvalue weighted by Gasteiger charge is -2.09. The highest BCUT2D eigenvalue weighted by Crippen LogP contribution is 2.34. The summed E-state index contributed by atoms with van der Waals surface area (Å²) in [6, 6.07) is 3.96. The van der Waals surface area contributed by atoms with E-state index in [4.69, 9.17) is 9.47 Å². The van der Waals surface area contributed by atoms with E-state index in [1.807, 2.05) is 18.2 Å². The molecule has 0 saturated heterocycles. The van der Waals surface area contributed by atoms with E-state index in [1.165, 1.54) is 11.1 Å². The molecule has 0 heterocycles. The van der Waals surface area contributed by atoms with Gasteiger partial charge in [-0.1, -0.05) is 12.2 Å². The van der Waals surface area contributed by atoms with Gasteiger partial charge in [0.15, 0.2) is 11.5 Å². The molecule has 1 aromatic carbocycles. The second-order valence-corrected chi connectivity index (χ2v) is 2.86. The molecule has 0 bridgehead atoms. The van der Waals surface area contributed by atoms with Crippen LogP contribution in [0.1, 0.15) is 11.1 Å². The molecule has 1 aliphatic carbocycles. The second kappa shape index (κ2) is 3.13. The number of hydrogen-bond acceptors (Lipinski definition) is 2. The van der Waals surface area contributed by atoms with Crippen LogP contribution in [-0.4, -0.2) is 14.2 Å². The standard InChI is InChI=1S/C11H11O2/c1-12-10-6-8-4-3-5-9(8)7-11(10)13-2/h3-7H,1-2H3. The SMILES string of the molecule is COc1cc2c(cc1OC)C=C[CH]2. The largest absolute Gasteiger partial charge is 0.493 e. The molecule has 1 aliphatic rings. The van der Waals surface area contributed by atoms with Gasteiger partial charge in [0.05, 0.1) is 14.2 Å². The molecule has 0 aliphatic heterocycles. The fraction of sp³-hybridized carbons (Fsp3) is 0.182. The molecule has 0 unspecified atom stereocenters. The van der Waals surface area contributed by atoms with Crippen LogP contribution in [0.25, 0.3) is 6.08 Å². The summed E-state index contributed by atoms with van der Waals surface area (Å²) in [5, 5.41) is 0. The minimum absolute atomic E-state index is 0.779. The Balaban J connectivity index is 2.51. The lowest BCUT2D eigenvalue weighted by Crippen LogP contribution is -1.92. The van der Waals surface area contributed by atoms with E-state index in [0.29, 0.717) is 0 Å². The fourth-order valence-corrected chi connectivity index (χ4v) is 1.45. The summed E-state index contributed by atoms with van der Waals surface area (Å²) in [7, 11) is 3.29. The highest BCUT2D eigenvalue weighted by Gasteiger charge is 2.11. The summed E-state index contributed by atoms with van der Waals surface area (Å²) in [5.41, 5.74) is 2.36. The highest BCUT2D eigenvalue weighted by atomic mass is 16.5. The first-order chi connectivity index (χ1) is 6.35. The average molecular weight is 175 g/mol. The molecule has 2 heteroatoms. The molecule has 0 atom stereocenters. The first kappa shape index (κ1) is 8.17. The van der Waals surface area contributed by atoms with Crippen LogP contribution in [0.15, 0.2) is 18.2 Å². The maximum atomic E-state index is 5.19. The van der Waals surface area contributed by atoms with Crippen LogP contribution >= 0.6 is 0 Å². The molecule has 0 N–H and O–H groups in total. The zero-order valence-electron chi connectivity index (χ0n) is 7.70. The third-order valence-corrected chi connectivity index (χ3v) is 2.14. The number of fused-ring (bicyclic) bond motifs is 1. The fourth-order valence-electron chi connectivity index (χ4n) is 1.45. The van der Waals surface area contributed by atoms with Crippen LogP contribution in [0.5, 0.6) is 11.5 Å². The number of methoxy groups -OCH3 is 2.